The second kappa shape index (κ2) is 6.14. The fourth-order valence-electron chi connectivity index (χ4n) is 4.23. The molecule has 25 heavy (non-hydrogen) atoms. The Morgan fingerprint density at radius 2 is 2.00 bits per heavy atom. The highest BCUT2D eigenvalue weighted by Gasteiger charge is 2.38. The van der Waals surface area contributed by atoms with E-state index in [4.69, 9.17) is 4.42 Å². The maximum atomic E-state index is 10.8. The van der Waals surface area contributed by atoms with E-state index in [1.807, 2.05) is 26.0 Å². The smallest absolute Gasteiger partial charge is 0.235 e. The summed E-state index contributed by atoms with van der Waals surface area (Å²) in [6, 6.07) is 4.02. The van der Waals surface area contributed by atoms with E-state index in [0.29, 0.717) is 17.7 Å². The SMILES string of the molecule is Cc1nc2sc([C@H](c3ccc(C)o3)[NH+]3C[C@H](C)C[C@H](C)C3)c(O)n2n1. The molecule has 4 rings (SSSR count). The monoisotopic (exact) mass is 361 g/mol. The van der Waals surface area contributed by atoms with Crippen molar-refractivity contribution in [2.45, 2.75) is 40.2 Å². The molecule has 0 spiro atoms. The Hall–Kier alpha value is -1.86. The van der Waals surface area contributed by atoms with Crippen LogP contribution in [-0.2, 0) is 0 Å². The fourth-order valence-corrected chi connectivity index (χ4v) is 5.39. The molecule has 4 atom stereocenters. The van der Waals surface area contributed by atoms with E-state index >= 15 is 0 Å². The Bertz CT molecular complexity index is 886. The first-order valence-electron chi connectivity index (χ1n) is 8.88. The van der Waals surface area contributed by atoms with Crippen molar-refractivity contribution in [3.05, 3.63) is 34.4 Å². The maximum absolute atomic E-state index is 10.8. The second-order valence-electron chi connectivity index (χ2n) is 7.54. The average molecular weight is 361 g/mol. The van der Waals surface area contributed by atoms with Gasteiger partial charge in [-0.1, -0.05) is 25.2 Å². The number of nitrogens with one attached hydrogen (secondary N) is 1. The molecule has 6 nitrogen and oxygen atoms in total. The molecule has 3 aromatic rings. The third-order valence-electron chi connectivity index (χ3n) is 5.05. The zero-order valence-corrected chi connectivity index (χ0v) is 15.9. The van der Waals surface area contributed by atoms with Crippen LogP contribution in [0.5, 0.6) is 5.88 Å². The first-order valence-corrected chi connectivity index (χ1v) is 9.70. The number of thiazole rings is 1. The van der Waals surface area contributed by atoms with Crippen molar-refractivity contribution in [1.82, 2.24) is 14.6 Å². The van der Waals surface area contributed by atoms with Gasteiger partial charge in [0.25, 0.3) is 0 Å². The molecule has 1 fully saturated rings. The summed E-state index contributed by atoms with van der Waals surface area (Å²) < 4.78 is 7.55. The summed E-state index contributed by atoms with van der Waals surface area (Å²) in [7, 11) is 0. The van der Waals surface area contributed by atoms with Gasteiger partial charge in [0.15, 0.2) is 11.8 Å². The first-order chi connectivity index (χ1) is 11.9. The number of rotatable bonds is 3. The highest BCUT2D eigenvalue weighted by Crippen LogP contribution is 2.36. The molecule has 134 valence electrons. The van der Waals surface area contributed by atoms with Crippen LogP contribution in [0, 0.1) is 25.7 Å². The third kappa shape index (κ3) is 2.95. The first kappa shape index (κ1) is 16.6. The van der Waals surface area contributed by atoms with Gasteiger partial charge in [0.2, 0.25) is 10.8 Å². The topological polar surface area (TPSA) is 68.0 Å². The van der Waals surface area contributed by atoms with Crippen molar-refractivity contribution in [2.24, 2.45) is 11.8 Å². The standard InChI is InChI=1S/C18H24N4O2S/c1-10-7-11(2)9-21(8-10)15(14-6-5-12(3)24-14)16-17(23)22-18(25-16)19-13(4)20-22/h5-6,10-11,15,23H,7-9H2,1-4H3/p+1/t10-,11+,15-/m0/s1. The number of fused-ring (bicyclic) bond motifs is 1. The zero-order valence-electron chi connectivity index (χ0n) is 15.1. The molecule has 3 aromatic heterocycles. The molecule has 1 unspecified atom stereocenters. The van der Waals surface area contributed by atoms with E-state index < -0.39 is 0 Å². The summed E-state index contributed by atoms with van der Waals surface area (Å²) in [5.41, 5.74) is 0. The van der Waals surface area contributed by atoms with Gasteiger partial charge < -0.3 is 14.4 Å². The van der Waals surface area contributed by atoms with Gasteiger partial charge in [-0.15, -0.1) is 5.10 Å². The van der Waals surface area contributed by atoms with Crippen molar-refractivity contribution in [2.75, 3.05) is 13.1 Å². The van der Waals surface area contributed by atoms with E-state index in [0.717, 1.165) is 34.4 Å². The van der Waals surface area contributed by atoms with Gasteiger partial charge in [-0.2, -0.15) is 4.52 Å². The Labute approximate surface area is 151 Å². The molecular formula is C18H25N4O2S+. The highest BCUT2D eigenvalue weighted by molar-refractivity contribution is 7.17. The van der Waals surface area contributed by atoms with E-state index in [-0.39, 0.29) is 11.9 Å². The van der Waals surface area contributed by atoms with Crippen LogP contribution in [0.25, 0.3) is 4.96 Å². The Kier molecular flexibility index (Phi) is 4.08. The molecule has 0 amide bonds. The van der Waals surface area contributed by atoms with Crippen LogP contribution in [-0.4, -0.2) is 32.8 Å². The maximum Gasteiger partial charge on any atom is 0.235 e. The van der Waals surface area contributed by atoms with Crippen molar-refractivity contribution >= 4 is 16.3 Å². The number of hydrogen-bond acceptors (Lipinski definition) is 5. The second-order valence-corrected chi connectivity index (χ2v) is 8.55. The summed E-state index contributed by atoms with van der Waals surface area (Å²) in [5, 5.41) is 15.1. The molecule has 0 radical (unpaired) electrons. The van der Waals surface area contributed by atoms with Crippen molar-refractivity contribution < 1.29 is 14.4 Å². The molecule has 0 saturated carbocycles. The van der Waals surface area contributed by atoms with E-state index in [1.54, 1.807) is 4.52 Å². The minimum atomic E-state index is -0.0206. The lowest BCUT2D eigenvalue weighted by Gasteiger charge is -2.35. The van der Waals surface area contributed by atoms with Crippen molar-refractivity contribution in [1.29, 1.82) is 0 Å². The number of quaternary nitrogens is 1. The number of aromatic hydroxyl groups is 1. The van der Waals surface area contributed by atoms with Crippen LogP contribution in [0.1, 0.15) is 48.5 Å². The van der Waals surface area contributed by atoms with E-state index in [2.05, 4.69) is 23.9 Å². The van der Waals surface area contributed by atoms with Gasteiger partial charge in [0, 0.05) is 11.8 Å². The number of nitrogens with zero attached hydrogens (tertiary/aromatic N) is 3. The number of aromatic nitrogens is 3. The van der Waals surface area contributed by atoms with Gasteiger partial charge >= 0.3 is 0 Å². The van der Waals surface area contributed by atoms with Gasteiger partial charge in [0.05, 0.1) is 13.1 Å². The molecule has 2 N–H and O–H groups in total. The normalized spacial score (nSPS) is 25.5. The van der Waals surface area contributed by atoms with Gasteiger partial charge in [0.1, 0.15) is 16.5 Å². The quantitative estimate of drug-likeness (QED) is 0.751. The summed E-state index contributed by atoms with van der Waals surface area (Å²) in [5.74, 6) is 3.98. The van der Waals surface area contributed by atoms with Gasteiger partial charge in [-0.05, 0) is 32.4 Å². The minimum Gasteiger partial charge on any atom is -0.492 e. The van der Waals surface area contributed by atoms with Crippen LogP contribution in [0.2, 0.25) is 0 Å². The van der Waals surface area contributed by atoms with Crippen LogP contribution >= 0.6 is 11.3 Å². The Morgan fingerprint density at radius 3 is 2.60 bits per heavy atom. The molecule has 1 saturated heterocycles. The molecule has 0 bridgehead atoms. The third-order valence-corrected chi connectivity index (χ3v) is 6.13. The number of aryl methyl sites for hydroxylation is 2. The molecule has 1 aliphatic heterocycles. The van der Waals surface area contributed by atoms with Crippen LogP contribution in [0.4, 0.5) is 0 Å². The Balaban J connectivity index is 1.81. The molecule has 0 aromatic carbocycles. The van der Waals surface area contributed by atoms with E-state index in [1.165, 1.54) is 22.7 Å². The molecular weight excluding hydrogens is 336 g/mol. The fraction of sp³-hybridized carbons (Fsp3) is 0.556. The summed E-state index contributed by atoms with van der Waals surface area (Å²) in [6.07, 6.45) is 1.26. The van der Waals surface area contributed by atoms with E-state index in [9.17, 15) is 5.11 Å². The lowest BCUT2D eigenvalue weighted by Crippen LogP contribution is -3.14. The zero-order chi connectivity index (χ0) is 17.7. The predicted octanol–water partition coefficient (Wildman–Crippen LogP) is 2.36. The minimum absolute atomic E-state index is 0.0206. The van der Waals surface area contributed by atoms with Crippen molar-refractivity contribution in [3.8, 4) is 5.88 Å². The molecule has 1 aliphatic rings. The summed E-state index contributed by atoms with van der Waals surface area (Å²) in [4.78, 5) is 7.48. The van der Waals surface area contributed by atoms with Crippen molar-refractivity contribution in [3.63, 3.8) is 0 Å². The number of furan rings is 1. The number of likely N-dealkylation sites (tertiary alicyclic amines) is 1. The highest BCUT2D eigenvalue weighted by atomic mass is 32.1. The van der Waals surface area contributed by atoms with Gasteiger partial charge in [-0.25, -0.2) is 4.98 Å². The lowest BCUT2D eigenvalue weighted by atomic mass is 9.90. The predicted molar refractivity (Wildman–Crippen MR) is 96.2 cm³/mol. The molecule has 4 heterocycles. The molecule has 7 heteroatoms. The van der Waals surface area contributed by atoms with Crippen LogP contribution < -0.4 is 4.90 Å². The number of piperidine rings is 1. The lowest BCUT2D eigenvalue weighted by molar-refractivity contribution is -0.937. The molecule has 0 aliphatic carbocycles. The summed E-state index contributed by atoms with van der Waals surface area (Å²) >= 11 is 1.51. The Morgan fingerprint density at radius 1 is 1.28 bits per heavy atom. The average Bonchev–Trinajstić information content (AvgIpc) is 3.17. The van der Waals surface area contributed by atoms with Crippen LogP contribution in [0.15, 0.2) is 16.5 Å². The van der Waals surface area contributed by atoms with Gasteiger partial charge in [-0.3, -0.25) is 0 Å². The largest absolute Gasteiger partial charge is 0.492 e. The summed E-state index contributed by atoms with van der Waals surface area (Å²) in [6.45, 7) is 10.6. The number of hydrogen-bond donors (Lipinski definition) is 2. The van der Waals surface area contributed by atoms with Crippen LogP contribution in [0.3, 0.4) is 0 Å².